The van der Waals surface area contributed by atoms with Gasteiger partial charge in [-0.15, -0.1) is 0 Å². The largest absolute Gasteiger partial charge is 0.478 e. The fourth-order valence-electron chi connectivity index (χ4n) is 3.10. The molecule has 2 aliphatic heterocycles. The molecule has 1 saturated heterocycles. The van der Waals surface area contributed by atoms with E-state index in [9.17, 15) is 14.4 Å². The van der Waals surface area contributed by atoms with Crippen LogP contribution in [0, 0.1) is 6.92 Å². The van der Waals surface area contributed by atoms with Gasteiger partial charge in [-0.3, -0.25) is 9.59 Å². The number of thioether (sulfide) groups is 1. The van der Waals surface area contributed by atoms with Crippen LogP contribution in [-0.4, -0.2) is 35.1 Å². The van der Waals surface area contributed by atoms with Crippen molar-refractivity contribution in [3.05, 3.63) is 64.1 Å². The number of benzene rings is 2. The van der Waals surface area contributed by atoms with Gasteiger partial charge >= 0.3 is 5.97 Å². The molecule has 28 heavy (non-hydrogen) atoms. The molecule has 2 amide bonds. The summed E-state index contributed by atoms with van der Waals surface area (Å²) in [6, 6.07) is 11.9. The van der Waals surface area contributed by atoms with E-state index in [-0.39, 0.29) is 16.4 Å². The number of nitrogens with zero attached hydrogens (tertiary/aromatic N) is 2. The minimum atomic E-state index is -1.05. The molecule has 0 aromatic heterocycles. The number of carboxylic acid groups (broad SMARTS) is 1. The fraction of sp³-hybridized carbons (Fsp3) is 0.100. The molecule has 0 saturated carbocycles. The number of amidine groups is 1. The second-order valence-corrected chi connectivity index (χ2v) is 7.36. The third-order valence-corrected chi connectivity index (χ3v) is 5.56. The zero-order valence-electron chi connectivity index (χ0n) is 15.0. The number of hydrogen-bond acceptors (Lipinski definition) is 5. The van der Waals surface area contributed by atoms with Gasteiger partial charge in [0.05, 0.1) is 27.4 Å². The number of carbonyl (C=O) groups is 3. The van der Waals surface area contributed by atoms with Gasteiger partial charge in [0, 0.05) is 12.6 Å². The van der Waals surface area contributed by atoms with Gasteiger partial charge < -0.3 is 15.3 Å². The van der Waals surface area contributed by atoms with Crippen LogP contribution in [0.25, 0.3) is 5.57 Å². The smallest absolute Gasteiger partial charge is 0.335 e. The van der Waals surface area contributed by atoms with Gasteiger partial charge in [0.1, 0.15) is 0 Å². The second kappa shape index (κ2) is 6.65. The van der Waals surface area contributed by atoms with E-state index < -0.39 is 11.9 Å². The van der Waals surface area contributed by atoms with Crippen LogP contribution < -0.4 is 10.2 Å². The molecular weight excluding hydrogens is 378 g/mol. The van der Waals surface area contributed by atoms with Gasteiger partial charge in [0.15, 0.2) is 5.17 Å². The summed E-state index contributed by atoms with van der Waals surface area (Å²) in [5.41, 5.74) is 3.14. The second-order valence-electron chi connectivity index (χ2n) is 6.37. The number of anilines is 1. The zero-order chi connectivity index (χ0) is 20.0. The number of carboxylic acids is 1. The van der Waals surface area contributed by atoms with Crippen LogP contribution in [0.4, 0.5) is 11.4 Å². The van der Waals surface area contributed by atoms with Gasteiger partial charge in [-0.1, -0.05) is 24.3 Å². The molecule has 2 N–H and O–H groups in total. The highest BCUT2D eigenvalue weighted by Gasteiger charge is 2.37. The summed E-state index contributed by atoms with van der Waals surface area (Å²) < 4.78 is 0. The highest BCUT2D eigenvalue weighted by Crippen LogP contribution is 2.42. The summed E-state index contributed by atoms with van der Waals surface area (Å²) in [6.45, 7) is 1.80. The number of nitrogens with one attached hydrogen (secondary N) is 1. The Morgan fingerprint density at radius 2 is 1.93 bits per heavy atom. The predicted molar refractivity (Wildman–Crippen MR) is 108 cm³/mol. The third-order valence-electron chi connectivity index (χ3n) is 4.58. The minimum absolute atomic E-state index is 0.111. The van der Waals surface area contributed by atoms with Crippen molar-refractivity contribution >= 4 is 51.7 Å². The molecule has 0 bridgehead atoms. The van der Waals surface area contributed by atoms with Crippen molar-refractivity contribution in [1.29, 1.82) is 0 Å². The maximum atomic E-state index is 12.7. The van der Waals surface area contributed by atoms with Gasteiger partial charge in [-0.25, -0.2) is 9.79 Å². The lowest BCUT2D eigenvalue weighted by atomic mass is 10.1. The van der Waals surface area contributed by atoms with Crippen LogP contribution in [0.2, 0.25) is 0 Å². The van der Waals surface area contributed by atoms with Crippen molar-refractivity contribution in [3.8, 4) is 0 Å². The van der Waals surface area contributed by atoms with E-state index in [1.807, 2.05) is 24.3 Å². The van der Waals surface area contributed by atoms with Crippen molar-refractivity contribution in [2.45, 2.75) is 6.92 Å². The topological polar surface area (TPSA) is 99.1 Å². The number of amides is 2. The van der Waals surface area contributed by atoms with Gasteiger partial charge in [-0.2, -0.15) is 0 Å². The number of para-hydroxylation sites is 1. The number of hydrogen-bond donors (Lipinski definition) is 2. The molecule has 0 radical (unpaired) electrons. The van der Waals surface area contributed by atoms with Crippen LogP contribution >= 0.6 is 11.8 Å². The third kappa shape index (κ3) is 2.87. The average molecular weight is 393 g/mol. The maximum absolute atomic E-state index is 12.7. The van der Waals surface area contributed by atoms with Crippen LogP contribution in [-0.2, 0) is 9.59 Å². The summed E-state index contributed by atoms with van der Waals surface area (Å²) in [4.78, 5) is 42.6. The molecule has 0 spiro atoms. The van der Waals surface area contributed by atoms with Crippen molar-refractivity contribution < 1.29 is 19.5 Å². The zero-order valence-corrected chi connectivity index (χ0v) is 15.8. The van der Waals surface area contributed by atoms with E-state index in [0.29, 0.717) is 22.0 Å². The van der Waals surface area contributed by atoms with E-state index in [0.717, 1.165) is 23.0 Å². The summed E-state index contributed by atoms with van der Waals surface area (Å²) in [5, 5.41) is 12.1. The molecule has 2 aromatic rings. The number of carbonyl (C=O) groups excluding carboxylic acids is 2. The molecule has 0 unspecified atom stereocenters. The predicted octanol–water partition coefficient (Wildman–Crippen LogP) is 2.93. The SMILES string of the molecule is Cc1ccc(C(=O)O)cc1N=C1NC(=O)/C(=C2/C(=O)N(C)c3ccccc32)S1. The Morgan fingerprint density at radius 1 is 1.18 bits per heavy atom. The Labute approximate surface area is 164 Å². The molecule has 4 rings (SSSR count). The van der Waals surface area contributed by atoms with E-state index in [2.05, 4.69) is 10.3 Å². The molecule has 8 heteroatoms. The first kappa shape index (κ1) is 18.0. The number of aliphatic imine (C=N–C) groups is 1. The van der Waals surface area contributed by atoms with E-state index in [1.165, 1.54) is 17.0 Å². The molecule has 0 atom stereocenters. The van der Waals surface area contributed by atoms with Crippen molar-refractivity contribution in [2.75, 3.05) is 11.9 Å². The highest BCUT2D eigenvalue weighted by molar-refractivity contribution is 8.18. The van der Waals surface area contributed by atoms with Crippen LogP contribution in [0.15, 0.2) is 52.4 Å². The number of fused-ring (bicyclic) bond motifs is 1. The number of rotatable bonds is 2. The first-order valence-corrected chi connectivity index (χ1v) is 9.22. The van der Waals surface area contributed by atoms with Crippen molar-refractivity contribution in [3.63, 3.8) is 0 Å². The van der Waals surface area contributed by atoms with Crippen LogP contribution in [0.1, 0.15) is 21.5 Å². The Morgan fingerprint density at radius 3 is 2.68 bits per heavy atom. The molecule has 1 fully saturated rings. The Hall–Kier alpha value is -3.39. The fourth-order valence-corrected chi connectivity index (χ4v) is 4.02. The lowest BCUT2D eigenvalue weighted by molar-refractivity contribution is -0.116. The quantitative estimate of drug-likeness (QED) is 0.765. The van der Waals surface area contributed by atoms with Crippen LogP contribution in [0.5, 0.6) is 0 Å². The average Bonchev–Trinajstić information content (AvgIpc) is 3.14. The molecular formula is C20H15N3O4S. The number of aryl methyl sites for hydroxylation is 1. The summed E-state index contributed by atoms with van der Waals surface area (Å²) in [7, 11) is 1.67. The molecule has 140 valence electrons. The molecule has 2 aliphatic rings. The maximum Gasteiger partial charge on any atom is 0.335 e. The van der Waals surface area contributed by atoms with Crippen molar-refractivity contribution in [2.24, 2.45) is 4.99 Å². The number of aromatic carboxylic acids is 1. The molecule has 2 aromatic carbocycles. The highest BCUT2D eigenvalue weighted by atomic mass is 32.2. The lowest BCUT2D eigenvalue weighted by Crippen LogP contribution is -2.23. The molecule has 0 aliphatic carbocycles. The van der Waals surface area contributed by atoms with Gasteiger partial charge in [0.25, 0.3) is 11.8 Å². The van der Waals surface area contributed by atoms with E-state index in [1.54, 1.807) is 20.0 Å². The summed E-state index contributed by atoms with van der Waals surface area (Å²) in [5.74, 6) is -1.70. The van der Waals surface area contributed by atoms with Gasteiger partial charge in [0.2, 0.25) is 0 Å². The normalized spacial score (nSPS) is 19.9. The van der Waals surface area contributed by atoms with Crippen molar-refractivity contribution in [1.82, 2.24) is 5.32 Å². The summed E-state index contributed by atoms with van der Waals surface area (Å²) in [6.07, 6.45) is 0. The molecule has 2 heterocycles. The first-order chi connectivity index (χ1) is 13.4. The summed E-state index contributed by atoms with van der Waals surface area (Å²) >= 11 is 1.08. The monoisotopic (exact) mass is 393 g/mol. The molecule has 7 nitrogen and oxygen atoms in total. The van der Waals surface area contributed by atoms with Gasteiger partial charge in [-0.05, 0) is 42.4 Å². The minimum Gasteiger partial charge on any atom is -0.478 e. The Balaban J connectivity index is 1.76. The van der Waals surface area contributed by atoms with Crippen LogP contribution in [0.3, 0.4) is 0 Å². The Kier molecular flexibility index (Phi) is 4.27. The standard InChI is InChI=1S/C20H15N3O4S/c1-10-7-8-11(19(26)27)9-13(10)21-20-22-17(24)16(28-20)15-12-5-3-4-6-14(12)23(2)18(15)25/h3-9H,1-2H3,(H,26,27)(H,21,22,24)/b16-15-. The first-order valence-electron chi connectivity index (χ1n) is 8.40. The van der Waals surface area contributed by atoms with E-state index >= 15 is 0 Å². The number of likely N-dealkylation sites (N-methyl/N-ethyl adjacent to an activating group) is 1. The Bertz CT molecular complexity index is 1120. The van der Waals surface area contributed by atoms with E-state index in [4.69, 9.17) is 5.11 Å². The lowest BCUT2D eigenvalue weighted by Gasteiger charge is -2.08.